The van der Waals surface area contributed by atoms with Crippen molar-refractivity contribution in [3.8, 4) is 5.69 Å². The molecule has 0 fully saturated rings. The number of ether oxygens (including phenoxy) is 1. The number of methoxy groups -OCH3 is 1. The SMILES string of the molecule is COCCCNc1nc(C)cn1-c1cc(Br)ccc1Cl. The molecule has 0 unspecified atom stereocenters. The highest BCUT2D eigenvalue weighted by Crippen LogP contribution is 2.27. The topological polar surface area (TPSA) is 39.1 Å². The van der Waals surface area contributed by atoms with Crippen molar-refractivity contribution in [2.45, 2.75) is 13.3 Å². The minimum Gasteiger partial charge on any atom is -0.385 e. The van der Waals surface area contributed by atoms with Crippen LogP contribution in [-0.4, -0.2) is 29.8 Å². The largest absolute Gasteiger partial charge is 0.385 e. The highest BCUT2D eigenvalue weighted by atomic mass is 79.9. The van der Waals surface area contributed by atoms with Crippen molar-refractivity contribution >= 4 is 33.5 Å². The monoisotopic (exact) mass is 357 g/mol. The maximum absolute atomic E-state index is 6.28. The van der Waals surface area contributed by atoms with Crippen LogP contribution in [0.3, 0.4) is 0 Å². The fraction of sp³-hybridized carbons (Fsp3) is 0.357. The van der Waals surface area contributed by atoms with E-state index in [4.69, 9.17) is 16.3 Å². The number of hydrogen-bond donors (Lipinski definition) is 1. The third-order valence-corrected chi connectivity index (χ3v) is 3.62. The first-order valence-corrected chi connectivity index (χ1v) is 7.53. The summed E-state index contributed by atoms with van der Waals surface area (Å²) in [6, 6.07) is 5.76. The van der Waals surface area contributed by atoms with E-state index in [0.29, 0.717) is 5.02 Å². The quantitative estimate of drug-likeness (QED) is 0.792. The van der Waals surface area contributed by atoms with E-state index in [1.807, 2.05) is 35.9 Å². The fourth-order valence-corrected chi connectivity index (χ4v) is 2.45. The lowest BCUT2D eigenvalue weighted by Gasteiger charge is -2.11. The lowest BCUT2D eigenvalue weighted by Crippen LogP contribution is -2.09. The number of aromatic nitrogens is 2. The molecule has 0 spiro atoms. The maximum atomic E-state index is 6.28. The molecular formula is C14H17BrClN3O. The Labute approximate surface area is 132 Å². The Morgan fingerprint density at radius 3 is 3.00 bits per heavy atom. The van der Waals surface area contributed by atoms with Gasteiger partial charge in [0.1, 0.15) is 0 Å². The van der Waals surface area contributed by atoms with Gasteiger partial charge in [0.2, 0.25) is 5.95 Å². The summed E-state index contributed by atoms with van der Waals surface area (Å²) in [5.41, 5.74) is 1.84. The van der Waals surface area contributed by atoms with Crippen LogP contribution in [0.25, 0.3) is 5.69 Å². The van der Waals surface area contributed by atoms with E-state index in [-0.39, 0.29) is 0 Å². The van der Waals surface area contributed by atoms with Gasteiger partial charge in [-0.05, 0) is 31.5 Å². The first kappa shape index (κ1) is 15.4. The predicted octanol–water partition coefficient (Wildman–Crippen LogP) is 4.05. The van der Waals surface area contributed by atoms with Crippen molar-refractivity contribution in [1.82, 2.24) is 9.55 Å². The molecule has 0 saturated carbocycles. The Hall–Kier alpha value is -1.04. The molecule has 1 aromatic carbocycles. The van der Waals surface area contributed by atoms with Gasteiger partial charge >= 0.3 is 0 Å². The molecule has 4 nitrogen and oxygen atoms in total. The van der Waals surface area contributed by atoms with E-state index in [9.17, 15) is 0 Å². The van der Waals surface area contributed by atoms with Gasteiger partial charge in [0.05, 0.1) is 16.4 Å². The van der Waals surface area contributed by atoms with Gasteiger partial charge in [0.25, 0.3) is 0 Å². The predicted molar refractivity (Wildman–Crippen MR) is 86.0 cm³/mol. The molecule has 1 aromatic heterocycles. The zero-order valence-electron chi connectivity index (χ0n) is 11.5. The number of aryl methyl sites for hydroxylation is 1. The number of rotatable bonds is 6. The molecule has 1 heterocycles. The van der Waals surface area contributed by atoms with Crippen LogP contribution < -0.4 is 5.32 Å². The molecule has 2 aromatic rings. The number of halogens is 2. The number of benzene rings is 1. The first-order chi connectivity index (χ1) is 9.61. The van der Waals surface area contributed by atoms with Crippen LogP contribution >= 0.6 is 27.5 Å². The maximum Gasteiger partial charge on any atom is 0.207 e. The van der Waals surface area contributed by atoms with Crippen LogP contribution in [0.15, 0.2) is 28.9 Å². The van der Waals surface area contributed by atoms with Gasteiger partial charge in [-0.1, -0.05) is 27.5 Å². The zero-order chi connectivity index (χ0) is 14.5. The molecule has 6 heteroatoms. The van der Waals surface area contributed by atoms with Crippen molar-refractivity contribution < 1.29 is 4.74 Å². The van der Waals surface area contributed by atoms with Gasteiger partial charge in [-0.15, -0.1) is 0 Å². The molecule has 0 bridgehead atoms. The zero-order valence-corrected chi connectivity index (χ0v) is 13.8. The van der Waals surface area contributed by atoms with Crippen LogP contribution in [-0.2, 0) is 4.74 Å². The summed E-state index contributed by atoms with van der Waals surface area (Å²) in [4.78, 5) is 4.49. The first-order valence-electron chi connectivity index (χ1n) is 6.36. The number of imidazole rings is 1. The molecule has 0 saturated heterocycles. The Morgan fingerprint density at radius 1 is 1.45 bits per heavy atom. The van der Waals surface area contributed by atoms with Crippen LogP contribution in [0.2, 0.25) is 5.02 Å². The van der Waals surface area contributed by atoms with Crippen LogP contribution in [0.1, 0.15) is 12.1 Å². The van der Waals surface area contributed by atoms with E-state index in [2.05, 4.69) is 26.2 Å². The molecule has 0 radical (unpaired) electrons. The molecule has 1 N–H and O–H groups in total. The van der Waals surface area contributed by atoms with E-state index in [1.165, 1.54) is 0 Å². The van der Waals surface area contributed by atoms with Crippen molar-refractivity contribution in [3.63, 3.8) is 0 Å². The summed E-state index contributed by atoms with van der Waals surface area (Å²) in [6.07, 6.45) is 2.89. The minimum absolute atomic E-state index is 0.686. The average molecular weight is 359 g/mol. The van der Waals surface area contributed by atoms with Gasteiger partial charge in [-0.25, -0.2) is 4.98 Å². The third-order valence-electron chi connectivity index (χ3n) is 2.80. The van der Waals surface area contributed by atoms with Crippen molar-refractivity contribution in [3.05, 3.63) is 39.6 Å². The standard InChI is InChI=1S/C14H17BrClN3O/c1-10-9-19(13-8-11(15)4-5-12(13)16)14(18-10)17-6-3-7-20-2/h4-5,8-9H,3,6-7H2,1-2H3,(H,17,18). The van der Waals surface area contributed by atoms with Crippen LogP contribution in [0.5, 0.6) is 0 Å². The Balaban J connectivity index is 2.25. The number of anilines is 1. The lowest BCUT2D eigenvalue weighted by molar-refractivity contribution is 0.197. The summed E-state index contributed by atoms with van der Waals surface area (Å²) >= 11 is 9.75. The van der Waals surface area contributed by atoms with Crippen molar-refractivity contribution in [2.75, 3.05) is 25.6 Å². The van der Waals surface area contributed by atoms with Crippen LogP contribution in [0.4, 0.5) is 5.95 Å². The van der Waals surface area contributed by atoms with E-state index < -0.39 is 0 Å². The Bertz CT molecular complexity index is 586. The van der Waals surface area contributed by atoms with Crippen LogP contribution in [0, 0.1) is 6.92 Å². The minimum atomic E-state index is 0.686. The normalized spacial score (nSPS) is 10.8. The van der Waals surface area contributed by atoms with Gasteiger partial charge < -0.3 is 10.1 Å². The summed E-state index contributed by atoms with van der Waals surface area (Å²) in [5.74, 6) is 0.790. The lowest BCUT2D eigenvalue weighted by atomic mass is 10.3. The molecular weight excluding hydrogens is 342 g/mol. The molecule has 0 aliphatic heterocycles. The van der Waals surface area contributed by atoms with E-state index in [1.54, 1.807) is 7.11 Å². The summed E-state index contributed by atoms with van der Waals surface area (Å²) in [7, 11) is 1.70. The molecule has 2 rings (SSSR count). The van der Waals surface area contributed by atoms with Crippen molar-refractivity contribution in [2.24, 2.45) is 0 Å². The average Bonchev–Trinajstić information content (AvgIpc) is 2.78. The molecule has 108 valence electrons. The summed E-state index contributed by atoms with van der Waals surface area (Å²) < 4.78 is 7.99. The molecule has 0 atom stereocenters. The second kappa shape index (κ2) is 7.11. The van der Waals surface area contributed by atoms with Gasteiger partial charge in [-0.3, -0.25) is 4.57 Å². The number of hydrogen-bond acceptors (Lipinski definition) is 3. The molecule has 0 amide bonds. The Morgan fingerprint density at radius 2 is 2.25 bits per heavy atom. The summed E-state index contributed by atoms with van der Waals surface area (Å²) in [6.45, 7) is 3.49. The van der Waals surface area contributed by atoms with Gasteiger partial charge in [-0.2, -0.15) is 0 Å². The summed E-state index contributed by atoms with van der Waals surface area (Å²) in [5, 5.41) is 4.00. The molecule has 0 aliphatic rings. The second-order valence-electron chi connectivity index (χ2n) is 4.44. The highest BCUT2D eigenvalue weighted by molar-refractivity contribution is 9.10. The third kappa shape index (κ3) is 3.75. The number of nitrogens with zero attached hydrogens (tertiary/aromatic N) is 2. The van der Waals surface area contributed by atoms with Crippen molar-refractivity contribution in [1.29, 1.82) is 0 Å². The molecule has 20 heavy (non-hydrogen) atoms. The second-order valence-corrected chi connectivity index (χ2v) is 5.77. The van der Waals surface area contributed by atoms with Gasteiger partial charge in [0, 0.05) is 30.9 Å². The Kier molecular flexibility index (Phi) is 5.46. The van der Waals surface area contributed by atoms with E-state index in [0.717, 1.165) is 41.4 Å². The number of nitrogens with one attached hydrogen (secondary N) is 1. The fourth-order valence-electron chi connectivity index (χ4n) is 1.89. The smallest absolute Gasteiger partial charge is 0.207 e. The highest BCUT2D eigenvalue weighted by Gasteiger charge is 2.10. The molecule has 0 aliphatic carbocycles. The van der Waals surface area contributed by atoms with E-state index >= 15 is 0 Å². The van der Waals surface area contributed by atoms with Gasteiger partial charge in [0.15, 0.2) is 0 Å².